The highest BCUT2D eigenvalue weighted by atomic mass is 14.6. The minimum Gasteiger partial charge on any atom is -0.247 e. The third kappa shape index (κ3) is 1.56. The van der Waals surface area contributed by atoms with Crippen LogP contribution in [0.2, 0.25) is 0 Å². The Balaban J connectivity index is 2.63. The Kier molecular flexibility index (Phi) is 1.93. The Morgan fingerprint density at radius 3 is 2.71 bits per heavy atom. The third-order valence-electron chi connectivity index (χ3n) is 2.34. The lowest BCUT2D eigenvalue weighted by Gasteiger charge is -2.18. The second kappa shape index (κ2) is 2.99. The van der Waals surface area contributed by atoms with E-state index in [4.69, 9.17) is 0 Å². The van der Waals surface area contributed by atoms with E-state index in [2.05, 4.69) is 50.0 Å². The van der Waals surface area contributed by atoms with Crippen LogP contribution < -0.4 is 0 Å². The number of hydrogen-bond donors (Lipinski definition) is 0. The number of rotatable bonds is 0. The van der Waals surface area contributed by atoms with Crippen LogP contribution in [0.1, 0.15) is 26.3 Å². The molecule has 1 heteroatoms. The van der Waals surface area contributed by atoms with Crippen LogP contribution >= 0.6 is 0 Å². The van der Waals surface area contributed by atoms with E-state index >= 15 is 0 Å². The minimum atomic E-state index is 0.178. The molecule has 0 amide bonds. The van der Waals surface area contributed by atoms with Crippen molar-refractivity contribution in [3.05, 3.63) is 42.1 Å². The summed E-state index contributed by atoms with van der Waals surface area (Å²) >= 11 is 0. The molecule has 2 aromatic rings. The maximum Gasteiger partial charge on any atom is 0.0794 e. The largest absolute Gasteiger partial charge is 0.247 e. The Morgan fingerprint density at radius 1 is 1.21 bits per heavy atom. The summed E-state index contributed by atoms with van der Waals surface area (Å²) in [4.78, 5) is 4.22. The zero-order chi connectivity index (χ0) is 10.2. The van der Waals surface area contributed by atoms with Crippen molar-refractivity contribution < 1.29 is 0 Å². The molecule has 1 nitrogen and oxygen atoms in total. The van der Waals surface area contributed by atoms with E-state index in [1.807, 2.05) is 6.07 Å². The highest BCUT2D eigenvalue weighted by Crippen LogP contribution is 2.24. The van der Waals surface area contributed by atoms with Gasteiger partial charge in [-0.1, -0.05) is 32.9 Å². The van der Waals surface area contributed by atoms with Crippen molar-refractivity contribution in [2.75, 3.05) is 0 Å². The van der Waals surface area contributed by atoms with Crippen molar-refractivity contribution in [1.29, 1.82) is 0 Å². The fourth-order valence-electron chi connectivity index (χ4n) is 1.43. The Bertz CT molecular complexity index is 452. The molecule has 1 aromatic carbocycles. The fraction of sp³-hybridized carbons (Fsp3) is 0.308. The smallest absolute Gasteiger partial charge is 0.0794 e. The predicted octanol–water partition coefficient (Wildman–Crippen LogP) is 3.13. The minimum absolute atomic E-state index is 0.178. The summed E-state index contributed by atoms with van der Waals surface area (Å²) in [5, 5.41) is 1.04. The average Bonchev–Trinajstić information content (AvgIpc) is 2.16. The molecule has 0 radical (unpaired) electrons. The summed E-state index contributed by atoms with van der Waals surface area (Å²) in [6.45, 7) is 6.61. The topological polar surface area (TPSA) is 12.9 Å². The molecule has 0 aliphatic carbocycles. The summed E-state index contributed by atoms with van der Waals surface area (Å²) in [5.41, 5.74) is 2.47. The maximum atomic E-state index is 4.22. The van der Waals surface area contributed by atoms with Crippen LogP contribution in [-0.2, 0) is 5.41 Å². The molecule has 0 N–H and O–H groups in total. The van der Waals surface area contributed by atoms with E-state index in [-0.39, 0.29) is 5.41 Å². The van der Waals surface area contributed by atoms with E-state index in [1.165, 1.54) is 5.56 Å². The van der Waals surface area contributed by atoms with Gasteiger partial charge in [-0.3, -0.25) is 0 Å². The van der Waals surface area contributed by atoms with Gasteiger partial charge in [0.2, 0.25) is 0 Å². The molecule has 0 aliphatic rings. The van der Waals surface area contributed by atoms with Crippen LogP contribution in [0.25, 0.3) is 10.9 Å². The molecule has 0 aliphatic heterocycles. The van der Waals surface area contributed by atoms with Crippen LogP contribution in [0.3, 0.4) is 0 Å². The lowest BCUT2D eigenvalue weighted by atomic mass is 9.86. The Labute approximate surface area is 84.8 Å². The monoisotopic (exact) mass is 183 g/mol. The highest BCUT2D eigenvalue weighted by molar-refractivity contribution is 5.77. The second-order valence-electron chi connectivity index (χ2n) is 4.51. The molecule has 14 heavy (non-hydrogen) atoms. The molecule has 0 atom stereocenters. The van der Waals surface area contributed by atoms with Gasteiger partial charge >= 0.3 is 0 Å². The van der Waals surface area contributed by atoms with E-state index < -0.39 is 0 Å². The molecule has 0 bridgehead atoms. The maximum absolute atomic E-state index is 4.22. The summed E-state index contributed by atoms with van der Waals surface area (Å²) in [5.74, 6) is 0. The van der Waals surface area contributed by atoms with Gasteiger partial charge in [0.25, 0.3) is 0 Å². The van der Waals surface area contributed by atoms with Gasteiger partial charge in [-0.25, -0.2) is 4.98 Å². The number of benzene rings is 1. The average molecular weight is 183 g/mol. The third-order valence-corrected chi connectivity index (χ3v) is 2.34. The van der Waals surface area contributed by atoms with Crippen molar-refractivity contribution in [2.24, 2.45) is 0 Å². The summed E-state index contributed by atoms with van der Waals surface area (Å²) < 4.78 is 0. The SMILES string of the molecule is CC(C)(C)c1ccc2ncc#cc2c1. The molecular weight excluding hydrogens is 170 g/mol. The lowest BCUT2D eigenvalue weighted by Crippen LogP contribution is -2.10. The zero-order valence-corrected chi connectivity index (χ0v) is 8.76. The number of nitrogens with zero attached hydrogens (tertiary/aromatic N) is 1. The van der Waals surface area contributed by atoms with Gasteiger partial charge in [-0.05, 0) is 29.2 Å². The van der Waals surface area contributed by atoms with Crippen LogP contribution in [0.4, 0.5) is 0 Å². The quantitative estimate of drug-likeness (QED) is 0.611. The molecule has 0 saturated carbocycles. The first kappa shape index (κ1) is 9.02. The molecule has 0 spiro atoms. The first-order valence-electron chi connectivity index (χ1n) is 4.76. The van der Waals surface area contributed by atoms with Crippen molar-refractivity contribution in [3.8, 4) is 0 Å². The van der Waals surface area contributed by atoms with Gasteiger partial charge in [0.05, 0.1) is 17.1 Å². The van der Waals surface area contributed by atoms with E-state index in [9.17, 15) is 0 Å². The van der Waals surface area contributed by atoms with Gasteiger partial charge < -0.3 is 0 Å². The van der Waals surface area contributed by atoms with Crippen molar-refractivity contribution in [3.63, 3.8) is 0 Å². The normalized spacial score (nSPS) is 11.4. The second-order valence-corrected chi connectivity index (χ2v) is 4.51. The Morgan fingerprint density at radius 2 is 2.00 bits per heavy atom. The molecule has 0 saturated heterocycles. The van der Waals surface area contributed by atoms with Gasteiger partial charge in [0.15, 0.2) is 0 Å². The summed E-state index contributed by atoms with van der Waals surface area (Å²) in [6, 6.07) is 12.3. The molecule has 0 unspecified atom stereocenters. The van der Waals surface area contributed by atoms with Crippen LogP contribution in [0.15, 0.2) is 24.4 Å². The van der Waals surface area contributed by atoms with Crippen molar-refractivity contribution in [2.45, 2.75) is 26.2 Å². The predicted molar refractivity (Wildman–Crippen MR) is 58.1 cm³/mol. The van der Waals surface area contributed by atoms with E-state index in [0.717, 1.165) is 10.9 Å². The first-order valence-corrected chi connectivity index (χ1v) is 4.76. The molecular formula is C13H13N. The fourth-order valence-corrected chi connectivity index (χ4v) is 1.43. The van der Waals surface area contributed by atoms with Crippen molar-refractivity contribution in [1.82, 2.24) is 4.98 Å². The number of fused-ring (bicyclic) bond motifs is 1. The standard InChI is InChI=1S/C13H13N/c1-13(2,3)11-6-7-12-10(9-11)5-4-8-14-12/h6-9H,1-3H3. The summed E-state index contributed by atoms with van der Waals surface area (Å²) in [7, 11) is 0. The lowest BCUT2D eigenvalue weighted by molar-refractivity contribution is 0.591. The molecule has 70 valence electrons. The molecule has 2 rings (SSSR count). The van der Waals surface area contributed by atoms with Gasteiger partial charge in [0, 0.05) is 0 Å². The van der Waals surface area contributed by atoms with Gasteiger partial charge in [0.1, 0.15) is 0 Å². The first-order chi connectivity index (χ1) is 6.57. The molecule has 0 fully saturated rings. The van der Waals surface area contributed by atoms with Crippen molar-refractivity contribution >= 4 is 10.9 Å². The highest BCUT2D eigenvalue weighted by Gasteiger charge is 2.13. The van der Waals surface area contributed by atoms with Gasteiger partial charge in [-0.2, -0.15) is 0 Å². The van der Waals surface area contributed by atoms with E-state index in [1.54, 1.807) is 6.20 Å². The molecule has 1 aromatic heterocycles. The number of aromatic nitrogens is 1. The summed E-state index contributed by atoms with van der Waals surface area (Å²) in [6.07, 6.45) is 1.65. The number of hydrogen-bond acceptors (Lipinski definition) is 1. The molecule has 1 heterocycles. The van der Waals surface area contributed by atoms with Crippen LogP contribution in [0, 0.1) is 12.1 Å². The zero-order valence-electron chi connectivity index (χ0n) is 8.76. The van der Waals surface area contributed by atoms with Crippen LogP contribution in [0.5, 0.6) is 0 Å². The van der Waals surface area contributed by atoms with Gasteiger partial charge in [-0.15, -0.1) is 0 Å². The van der Waals surface area contributed by atoms with E-state index in [0.29, 0.717) is 0 Å². The van der Waals surface area contributed by atoms with Crippen LogP contribution in [-0.4, -0.2) is 4.98 Å². The Hall–Kier alpha value is -1.55.